The van der Waals surface area contributed by atoms with Crippen molar-refractivity contribution in [3.63, 3.8) is 0 Å². The third kappa shape index (κ3) is 2.80. The summed E-state index contributed by atoms with van der Waals surface area (Å²) in [4.78, 5) is 25.9. The van der Waals surface area contributed by atoms with Crippen LogP contribution in [0, 0.1) is 5.82 Å². The van der Waals surface area contributed by atoms with Gasteiger partial charge in [-0.05, 0) is 32.3 Å². The Bertz CT molecular complexity index is 1000. The van der Waals surface area contributed by atoms with Crippen molar-refractivity contribution in [2.45, 2.75) is 38.3 Å². The number of carboxylic acids is 1. The number of benzene rings is 1. The predicted octanol–water partition coefficient (Wildman–Crippen LogP) is 2.84. The number of hydrogen-bond donors (Lipinski definition) is 2. The summed E-state index contributed by atoms with van der Waals surface area (Å²) in [7, 11) is 0. The Kier molecular flexibility index (Phi) is 4.39. The molecule has 1 aromatic heterocycles. The summed E-state index contributed by atoms with van der Waals surface area (Å²) in [6, 6.07) is 1.13. The van der Waals surface area contributed by atoms with Crippen molar-refractivity contribution >= 4 is 34.2 Å². The van der Waals surface area contributed by atoms with Gasteiger partial charge in [0.2, 0.25) is 5.43 Å². The monoisotopic (exact) mass is 393 g/mol. The highest BCUT2D eigenvalue weighted by atomic mass is 35.5. The highest BCUT2D eigenvalue weighted by molar-refractivity contribution is 6.38. The number of rotatable bonds is 3. The van der Waals surface area contributed by atoms with Crippen molar-refractivity contribution in [3.05, 3.63) is 38.9 Å². The van der Waals surface area contributed by atoms with E-state index in [4.69, 9.17) is 11.6 Å². The molecule has 4 rings (SSSR count). The number of nitrogens with one attached hydrogen (secondary N) is 1. The fourth-order valence-corrected chi connectivity index (χ4v) is 4.67. The van der Waals surface area contributed by atoms with Crippen LogP contribution in [-0.4, -0.2) is 40.8 Å². The second kappa shape index (κ2) is 6.49. The van der Waals surface area contributed by atoms with Crippen LogP contribution in [0.15, 0.2) is 17.1 Å². The standard InChI is InChI=1S/C19H21ClFN3O3/c1-2-23-9-12(18(26)27)17(25)11-8-13(21)16(14(20)15(11)23)24-7-6-22-19(10-24)4-3-5-19/h8-9,22H,2-7,10H2,1H3,(H,26,27). The molecule has 144 valence electrons. The van der Waals surface area contributed by atoms with Gasteiger partial charge >= 0.3 is 5.97 Å². The first kappa shape index (κ1) is 18.3. The Morgan fingerprint density at radius 3 is 2.78 bits per heavy atom. The van der Waals surface area contributed by atoms with Crippen LogP contribution >= 0.6 is 11.6 Å². The molecule has 1 aliphatic carbocycles. The van der Waals surface area contributed by atoms with Gasteiger partial charge in [0, 0.05) is 37.9 Å². The maximum atomic E-state index is 15.0. The molecule has 0 radical (unpaired) electrons. The molecule has 8 heteroatoms. The summed E-state index contributed by atoms with van der Waals surface area (Å²) in [5.41, 5.74) is -0.414. The summed E-state index contributed by atoms with van der Waals surface area (Å²) >= 11 is 6.61. The molecule has 2 fully saturated rings. The van der Waals surface area contributed by atoms with Crippen molar-refractivity contribution in [2.24, 2.45) is 0 Å². The molecule has 0 atom stereocenters. The summed E-state index contributed by atoms with van der Waals surface area (Å²) in [5, 5.41) is 13.0. The lowest BCUT2D eigenvalue weighted by Crippen LogP contribution is -2.64. The first-order valence-corrected chi connectivity index (χ1v) is 9.53. The smallest absolute Gasteiger partial charge is 0.341 e. The minimum Gasteiger partial charge on any atom is -0.477 e. The van der Waals surface area contributed by atoms with Gasteiger partial charge in [0.05, 0.1) is 21.6 Å². The zero-order chi connectivity index (χ0) is 19.3. The van der Waals surface area contributed by atoms with Gasteiger partial charge in [0.1, 0.15) is 11.4 Å². The van der Waals surface area contributed by atoms with Crippen LogP contribution in [0.4, 0.5) is 10.1 Å². The Balaban J connectivity index is 1.92. The van der Waals surface area contributed by atoms with Gasteiger partial charge in [-0.25, -0.2) is 9.18 Å². The van der Waals surface area contributed by atoms with Gasteiger partial charge in [0.25, 0.3) is 0 Å². The summed E-state index contributed by atoms with van der Waals surface area (Å²) in [6.45, 7) is 4.26. The fourth-order valence-electron chi connectivity index (χ4n) is 4.25. The predicted molar refractivity (Wildman–Crippen MR) is 103 cm³/mol. The molecule has 2 N–H and O–H groups in total. The van der Waals surface area contributed by atoms with Crippen LogP contribution in [0.3, 0.4) is 0 Å². The molecule has 0 bridgehead atoms. The minimum absolute atomic E-state index is 0.00325. The van der Waals surface area contributed by atoms with E-state index in [-0.39, 0.29) is 21.5 Å². The number of hydrogen-bond acceptors (Lipinski definition) is 4. The Morgan fingerprint density at radius 2 is 2.19 bits per heavy atom. The van der Waals surface area contributed by atoms with Crippen LogP contribution in [0.25, 0.3) is 10.9 Å². The van der Waals surface area contributed by atoms with E-state index in [1.807, 2.05) is 11.8 Å². The minimum atomic E-state index is -1.33. The van der Waals surface area contributed by atoms with E-state index in [1.54, 1.807) is 4.57 Å². The van der Waals surface area contributed by atoms with E-state index in [2.05, 4.69) is 5.32 Å². The summed E-state index contributed by atoms with van der Waals surface area (Å²) in [5.74, 6) is -1.93. The average molecular weight is 394 g/mol. The molecule has 0 amide bonds. The maximum Gasteiger partial charge on any atom is 0.341 e. The van der Waals surface area contributed by atoms with Crippen LogP contribution in [0.1, 0.15) is 36.5 Å². The lowest BCUT2D eigenvalue weighted by atomic mass is 9.75. The molecule has 2 aromatic rings. The third-order valence-electron chi connectivity index (χ3n) is 5.80. The highest BCUT2D eigenvalue weighted by Crippen LogP contribution is 2.40. The largest absolute Gasteiger partial charge is 0.477 e. The normalized spacial score (nSPS) is 18.7. The van der Waals surface area contributed by atoms with E-state index in [0.29, 0.717) is 30.8 Å². The Morgan fingerprint density at radius 1 is 1.44 bits per heavy atom. The van der Waals surface area contributed by atoms with E-state index < -0.39 is 17.2 Å². The van der Waals surface area contributed by atoms with E-state index in [1.165, 1.54) is 6.20 Å². The number of fused-ring (bicyclic) bond motifs is 1. The van der Waals surface area contributed by atoms with Crippen molar-refractivity contribution in [2.75, 3.05) is 24.5 Å². The second-order valence-corrected chi connectivity index (χ2v) is 7.74. The number of aromatic carboxylic acids is 1. The van der Waals surface area contributed by atoms with Gasteiger partial charge in [-0.3, -0.25) is 4.79 Å². The van der Waals surface area contributed by atoms with Gasteiger partial charge in [-0.1, -0.05) is 11.6 Å². The maximum absolute atomic E-state index is 15.0. The van der Waals surface area contributed by atoms with Crippen molar-refractivity contribution < 1.29 is 14.3 Å². The average Bonchev–Trinajstić information content (AvgIpc) is 2.61. The quantitative estimate of drug-likeness (QED) is 0.838. The number of nitrogens with zero attached hydrogens (tertiary/aromatic N) is 2. The first-order valence-electron chi connectivity index (χ1n) is 9.15. The van der Waals surface area contributed by atoms with E-state index >= 15 is 4.39 Å². The molecule has 2 aliphatic rings. The highest BCUT2D eigenvalue weighted by Gasteiger charge is 2.41. The number of anilines is 1. The van der Waals surface area contributed by atoms with Crippen LogP contribution in [-0.2, 0) is 6.54 Å². The molecule has 1 aromatic carbocycles. The molecular formula is C19H21ClFN3O3. The second-order valence-electron chi connectivity index (χ2n) is 7.36. The third-order valence-corrected chi connectivity index (χ3v) is 6.16. The van der Waals surface area contributed by atoms with Crippen molar-refractivity contribution in [1.82, 2.24) is 9.88 Å². The Labute approximate surface area is 160 Å². The molecule has 1 saturated carbocycles. The molecular weight excluding hydrogens is 373 g/mol. The van der Waals surface area contributed by atoms with Crippen LogP contribution < -0.4 is 15.6 Å². The van der Waals surface area contributed by atoms with Gasteiger partial charge in [-0.15, -0.1) is 0 Å². The number of carbonyl (C=O) groups is 1. The van der Waals surface area contributed by atoms with E-state index in [9.17, 15) is 14.7 Å². The SMILES string of the molecule is CCn1cc(C(=O)O)c(=O)c2cc(F)c(N3CCNC4(CCC4)C3)c(Cl)c21. The molecule has 27 heavy (non-hydrogen) atoms. The number of halogens is 2. The molecule has 6 nitrogen and oxygen atoms in total. The number of carboxylic acid groups (broad SMARTS) is 1. The number of aryl methyl sites for hydroxylation is 1. The zero-order valence-corrected chi connectivity index (χ0v) is 15.8. The molecule has 1 spiro atoms. The van der Waals surface area contributed by atoms with Crippen LogP contribution in [0.5, 0.6) is 0 Å². The molecule has 0 unspecified atom stereocenters. The topological polar surface area (TPSA) is 74.6 Å². The zero-order valence-electron chi connectivity index (χ0n) is 15.0. The molecule has 1 aliphatic heterocycles. The summed E-state index contributed by atoms with van der Waals surface area (Å²) in [6.07, 6.45) is 4.55. The Hall–Kier alpha value is -2.12. The van der Waals surface area contributed by atoms with Crippen molar-refractivity contribution in [1.29, 1.82) is 0 Å². The first-order chi connectivity index (χ1) is 12.9. The van der Waals surface area contributed by atoms with E-state index in [0.717, 1.165) is 31.9 Å². The molecule has 1 saturated heterocycles. The molecule has 2 heterocycles. The lowest BCUT2D eigenvalue weighted by molar-refractivity contribution is 0.0695. The van der Waals surface area contributed by atoms with Crippen LogP contribution in [0.2, 0.25) is 5.02 Å². The van der Waals surface area contributed by atoms with Gasteiger partial charge < -0.3 is 19.9 Å². The summed E-state index contributed by atoms with van der Waals surface area (Å²) < 4.78 is 16.6. The number of piperazine rings is 1. The van der Waals surface area contributed by atoms with Gasteiger partial charge in [-0.2, -0.15) is 0 Å². The van der Waals surface area contributed by atoms with Crippen molar-refractivity contribution in [3.8, 4) is 0 Å². The number of aromatic nitrogens is 1. The fraction of sp³-hybridized carbons (Fsp3) is 0.474. The van der Waals surface area contributed by atoms with Gasteiger partial charge in [0.15, 0.2) is 0 Å². The number of pyridine rings is 1. The lowest BCUT2D eigenvalue weighted by Gasteiger charge is -2.50.